The summed E-state index contributed by atoms with van der Waals surface area (Å²) in [6.07, 6.45) is 0. The van der Waals surface area contributed by atoms with Crippen molar-refractivity contribution in [3.63, 3.8) is 0 Å². The third-order valence-electron chi connectivity index (χ3n) is 4.23. The molecule has 0 bridgehead atoms. The number of rotatable bonds is 8. The molecule has 9 heteroatoms. The summed E-state index contributed by atoms with van der Waals surface area (Å²) >= 11 is 3.06. The van der Waals surface area contributed by atoms with Crippen LogP contribution in [0.15, 0.2) is 57.5 Å². The van der Waals surface area contributed by atoms with Crippen LogP contribution in [-0.4, -0.2) is 36.5 Å². The molecule has 2 heterocycles. The minimum absolute atomic E-state index is 0.375. The van der Waals surface area contributed by atoms with Gasteiger partial charge in [-0.15, -0.1) is 21.5 Å². The van der Waals surface area contributed by atoms with Gasteiger partial charge in [-0.2, -0.15) is 0 Å². The Kier molecular flexibility index (Phi) is 6.20. The summed E-state index contributed by atoms with van der Waals surface area (Å²) in [7, 11) is 4.69. The Morgan fingerprint density at radius 2 is 1.67 bits per heavy atom. The Bertz CT molecular complexity index is 1100. The van der Waals surface area contributed by atoms with Crippen LogP contribution in [0.2, 0.25) is 0 Å². The van der Waals surface area contributed by atoms with Crippen LogP contribution >= 0.6 is 23.1 Å². The summed E-state index contributed by atoms with van der Waals surface area (Å²) in [6.45, 7) is 0. The average molecular weight is 442 g/mol. The van der Waals surface area contributed by atoms with Gasteiger partial charge in [0.1, 0.15) is 5.01 Å². The number of ether oxygens (including phenoxy) is 3. The Balaban J connectivity index is 1.48. The van der Waals surface area contributed by atoms with Crippen molar-refractivity contribution in [2.75, 3.05) is 21.3 Å². The minimum Gasteiger partial charge on any atom is -0.493 e. The average Bonchev–Trinajstić information content (AvgIpc) is 3.47. The van der Waals surface area contributed by atoms with Crippen molar-refractivity contribution in [2.24, 2.45) is 0 Å². The van der Waals surface area contributed by atoms with Gasteiger partial charge in [0.15, 0.2) is 11.5 Å². The van der Waals surface area contributed by atoms with Crippen molar-refractivity contribution >= 4 is 23.1 Å². The Hall–Kier alpha value is -3.04. The molecule has 0 saturated heterocycles. The summed E-state index contributed by atoms with van der Waals surface area (Å²) in [4.78, 5) is 4.69. The third-order valence-corrected chi connectivity index (χ3v) is 6.03. The third kappa shape index (κ3) is 4.27. The highest BCUT2D eigenvalue weighted by molar-refractivity contribution is 7.98. The maximum atomic E-state index is 5.82. The van der Waals surface area contributed by atoms with E-state index in [0.717, 1.165) is 16.3 Å². The van der Waals surface area contributed by atoms with Crippen molar-refractivity contribution in [3.05, 3.63) is 53.5 Å². The molecule has 2 aromatic carbocycles. The molecule has 0 aliphatic rings. The van der Waals surface area contributed by atoms with E-state index in [1.165, 1.54) is 11.8 Å². The van der Waals surface area contributed by atoms with E-state index in [2.05, 4.69) is 27.3 Å². The fraction of sp³-hybridized carbons (Fsp3) is 0.190. The van der Waals surface area contributed by atoms with Gasteiger partial charge in [-0.25, -0.2) is 4.98 Å². The van der Waals surface area contributed by atoms with E-state index in [0.29, 0.717) is 39.7 Å². The van der Waals surface area contributed by atoms with Gasteiger partial charge in [0.25, 0.3) is 5.22 Å². The number of benzene rings is 2. The Morgan fingerprint density at radius 1 is 0.933 bits per heavy atom. The number of aromatic nitrogens is 3. The zero-order valence-corrected chi connectivity index (χ0v) is 18.3. The van der Waals surface area contributed by atoms with Crippen LogP contribution in [0.1, 0.15) is 5.69 Å². The quantitative estimate of drug-likeness (QED) is 0.346. The zero-order chi connectivity index (χ0) is 20.9. The van der Waals surface area contributed by atoms with Gasteiger partial charge in [0.05, 0.1) is 27.0 Å². The first kappa shape index (κ1) is 20.2. The Labute approximate surface area is 182 Å². The number of thiazole rings is 1. The van der Waals surface area contributed by atoms with Crippen molar-refractivity contribution in [1.82, 2.24) is 15.2 Å². The van der Waals surface area contributed by atoms with Crippen LogP contribution in [0, 0.1) is 0 Å². The lowest BCUT2D eigenvalue weighted by Gasteiger charge is -2.12. The number of hydrogen-bond acceptors (Lipinski definition) is 9. The molecule has 30 heavy (non-hydrogen) atoms. The first-order chi connectivity index (χ1) is 14.7. The van der Waals surface area contributed by atoms with Crippen LogP contribution in [0.5, 0.6) is 17.2 Å². The highest BCUT2D eigenvalue weighted by Crippen LogP contribution is 2.41. The molecule has 154 valence electrons. The van der Waals surface area contributed by atoms with Crippen molar-refractivity contribution in [1.29, 1.82) is 0 Å². The summed E-state index contributed by atoms with van der Waals surface area (Å²) in [5.41, 5.74) is 2.77. The molecule has 0 fully saturated rings. The van der Waals surface area contributed by atoms with Crippen molar-refractivity contribution in [3.8, 4) is 39.3 Å². The first-order valence-electron chi connectivity index (χ1n) is 8.98. The second kappa shape index (κ2) is 9.19. The molecule has 0 aliphatic heterocycles. The molecular formula is C21H19N3O4S2. The van der Waals surface area contributed by atoms with Gasteiger partial charge in [0, 0.05) is 22.3 Å². The first-order valence-corrected chi connectivity index (χ1v) is 10.8. The topological polar surface area (TPSA) is 79.5 Å². The predicted molar refractivity (Wildman–Crippen MR) is 117 cm³/mol. The van der Waals surface area contributed by atoms with Gasteiger partial charge in [-0.1, -0.05) is 42.1 Å². The molecule has 0 N–H and O–H groups in total. The van der Waals surface area contributed by atoms with Crippen LogP contribution in [0.4, 0.5) is 0 Å². The number of thioether (sulfide) groups is 1. The van der Waals surface area contributed by atoms with Crippen molar-refractivity contribution in [2.45, 2.75) is 11.0 Å². The largest absolute Gasteiger partial charge is 0.493 e. The lowest BCUT2D eigenvalue weighted by Crippen LogP contribution is -1.95. The van der Waals surface area contributed by atoms with Crippen molar-refractivity contribution < 1.29 is 18.6 Å². The lowest BCUT2D eigenvalue weighted by atomic mass is 10.2. The molecule has 7 nitrogen and oxygen atoms in total. The zero-order valence-electron chi connectivity index (χ0n) is 16.6. The monoisotopic (exact) mass is 441 g/mol. The fourth-order valence-corrected chi connectivity index (χ4v) is 4.40. The van der Waals surface area contributed by atoms with E-state index >= 15 is 0 Å². The maximum Gasteiger partial charge on any atom is 0.277 e. The number of nitrogens with zero attached hydrogens (tertiary/aromatic N) is 3. The van der Waals surface area contributed by atoms with Crippen LogP contribution in [-0.2, 0) is 5.75 Å². The molecule has 0 spiro atoms. The molecule has 0 saturated carbocycles. The predicted octanol–water partition coefficient (Wildman–Crippen LogP) is 5.18. The second-order valence-electron chi connectivity index (χ2n) is 6.09. The minimum atomic E-state index is 0.375. The summed E-state index contributed by atoms with van der Waals surface area (Å²) in [6, 6.07) is 13.7. The van der Waals surface area contributed by atoms with Crippen LogP contribution < -0.4 is 14.2 Å². The van der Waals surface area contributed by atoms with Crippen LogP contribution in [0.3, 0.4) is 0 Å². The second-order valence-corrected chi connectivity index (χ2v) is 7.87. The van der Waals surface area contributed by atoms with E-state index in [-0.39, 0.29) is 0 Å². The maximum absolute atomic E-state index is 5.82. The van der Waals surface area contributed by atoms with E-state index in [9.17, 15) is 0 Å². The summed E-state index contributed by atoms with van der Waals surface area (Å²) < 4.78 is 21.9. The molecule has 0 atom stereocenters. The molecule has 0 amide bonds. The van der Waals surface area contributed by atoms with Gasteiger partial charge in [0.2, 0.25) is 11.6 Å². The van der Waals surface area contributed by atoms with Gasteiger partial charge in [-0.05, 0) is 12.1 Å². The number of hydrogen-bond donors (Lipinski definition) is 0. The fourth-order valence-electron chi connectivity index (χ4n) is 2.81. The molecule has 2 aromatic heterocycles. The SMILES string of the molecule is COc1cc(-c2nnc(SCc3csc(-c4ccccc4)n3)o2)cc(OC)c1OC. The summed E-state index contributed by atoms with van der Waals surface area (Å²) in [5, 5.41) is 11.8. The molecule has 0 unspecified atom stereocenters. The molecule has 4 rings (SSSR count). The number of methoxy groups -OCH3 is 3. The van der Waals surface area contributed by atoms with E-state index < -0.39 is 0 Å². The Morgan fingerprint density at radius 3 is 2.33 bits per heavy atom. The van der Waals surface area contributed by atoms with Gasteiger partial charge < -0.3 is 18.6 Å². The summed E-state index contributed by atoms with van der Waals surface area (Å²) in [5.74, 6) is 2.57. The van der Waals surface area contributed by atoms with E-state index in [1.807, 2.05) is 23.6 Å². The van der Waals surface area contributed by atoms with Crippen LogP contribution in [0.25, 0.3) is 22.0 Å². The lowest BCUT2D eigenvalue weighted by molar-refractivity contribution is 0.324. The smallest absolute Gasteiger partial charge is 0.277 e. The standard InChI is InChI=1S/C21H19N3O4S2/c1-25-16-9-14(10-17(26-2)18(16)27-3)19-23-24-21(28-19)30-12-15-11-29-20(22-15)13-7-5-4-6-8-13/h4-11H,12H2,1-3H3. The molecule has 4 aromatic rings. The van der Waals surface area contributed by atoms with E-state index in [1.54, 1.807) is 44.8 Å². The highest BCUT2D eigenvalue weighted by Gasteiger charge is 2.18. The molecule has 0 radical (unpaired) electrons. The van der Waals surface area contributed by atoms with Gasteiger partial charge in [-0.3, -0.25) is 0 Å². The molecular weight excluding hydrogens is 422 g/mol. The normalized spacial score (nSPS) is 10.8. The van der Waals surface area contributed by atoms with Gasteiger partial charge >= 0.3 is 0 Å². The van der Waals surface area contributed by atoms with E-state index in [4.69, 9.17) is 18.6 Å². The molecule has 0 aliphatic carbocycles. The highest BCUT2D eigenvalue weighted by atomic mass is 32.2.